The lowest BCUT2D eigenvalue weighted by atomic mass is 9.92. The van der Waals surface area contributed by atoms with Crippen LogP contribution in [-0.4, -0.2) is 37.7 Å². The van der Waals surface area contributed by atoms with Gasteiger partial charge in [-0.05, 0) is 31.5 Å². The summed E-state index contributed by atoms with van der Waals surface area (Å²) in [6.45, 7) is 3.55. The van der Waals surface area contributed by atoms with Crippen molar-refractivity contribution in [2.75, 3.05) is 20.8 Å². The van der Waals surface area contributed by atoms with Gasteiger partial charge < -0.3 is 14.2 Å². The van der Waals surface area contributed by atoms with Crippen LogP contribution in [0.15, 0.2) is 24.3 Å². The van der Waals surface area contributed by atoms with Crippen LogP contribution in [0.3, 0.4) is 0 Å². The Hall–Kier alpha value is -2.60. The molecule has 0 N–H and O–H groups in total. The number of aryl methyl sites for hydroxylation is 1. The monoisotopic (exact) mass is 377 g/mol. The zero-order valence-electron chi connectivity index (χ0n) is 15.1. The van der Waals surface area contributed by atoms with Gasteiger partial charge in [-0.15, -0.1) is 11.6 Å². The van der Waals surface area contributed by atoms with Crippen LogP contribution in [0.1, 0.15) is 39.0 Å². The van der Waals surface area contributed by atoms with Gasteiger partial charge in [0.05, 0.1) is 49.2 Å². The topological polar surface area (TPSA) is 74.7 Å². The number of nitrogens with zero attached hydrogens (tertiary/aromatic N) is 1. The molecule has 2 aromatic rings. The highest BCUT2D eigenvalue weighted by Gasteiger charge is 2.28. The molecule has 0 atom stereocenters. The largest absolute Gasteiger partial charge is 0.497 e. The summed E-state index contributed by atoms with van der Waals surface area (Å²) in [7, 11) is 2.81. The number of halogens is 1. The lowest BCUT2D eigenvalue weighted by Gasteiger charge is -2.18. The van der Waals surface area contributed by atoms with Crippen molar-refractivity contribution in [2.45, 2.75) is 19.7 Å². The zero-order chi connectivity index (χ0) is 19.3. The van der Waals surface area contributed by atoms with Gasteiger partial charge in [-0.1, -0.05) is 12.1 Å². The van der Waals surface area contributed by atoms with Gasteiger partial charge in [0, 0.05) is 5.56 Å². The predicted molar refractivity (Wildman–Crippen MR) is 97.8 cm³/mol. The smallest absolute Gasteiger partial charge is 0.340 e. The van der Waals surface area contributed by atoms with Crippen molar-refractivity contribution < 1.29 is 23.8 Å². The molecular formula is C19H20ClNO5. The molecule has 2 rings (SSSR count). The first kappa shape index (κ1) is 19.7. The highest BCUT2D eigenvalue weighted by Crippen LogP contribution is 2.34. The van der Waals surface area contributed by atoms with E-state index in [1.807, 2.05) is 0 Å². The Balaban J connectivity index is 2.92. The van der Waals surface area contributed by atoms with Crippen molar-refractivity contribution in [2.24, 2.45) is 0 Å². The van der Waals surface area contributed by atoms with Gasteiger partial charge in [0.25, 0.3) is 0 Å². The van der Waals surface area contributed by atoms with E-state index in [9.17, 15) is 9.59 Å². The average Bonchev–Trinajstić information content (AvgIpc) is 2.66. The van der Waals surface area contributed by atoms with Crippen LogP contribution in [0.2, 0.25) is 0 Å². The molecule has 0 unspecified atom stereocenters. The number of carbonyl (C=O) groups excluding carboxylic acids is 2. The summed E-state index contributed by atoms with van der Waals surface area (Å²) >= 11 is 6.02. The summed E-state index contributed by atoms with van der Waals surface area (Å²) in [6.07, 6.45) is 0. The number of ether oxygens (including phenoxy) is 3. The molecule has 1 aromatic carbocycles. The summed E-state index contributed by atoms with van der Waals surface area (Å²) in [5.41, 5.74) is 2.08. The SMILES string of the molecule is CCOC(=O)c1c(CCl)nc(C)c(C(=O)OC)c1-c1cccc(OC)c1. The molecule has 0 aliphatic heterocycles. The number of hydrogen-bond donors (Lipinski definition) is 0. The highest BCUT2D eigenvalue weighted by atomic mass is 35.5. The molecule has 0 radical (unpaired) electrons. The highest BCUT2D eigenvalue weighted by molar-refractivity contribution is 6.18. The van der Waals surface area contributed by atoms with E-state index in [1.54, 1.807) is 38.1 Å². The van der Waals surface area contributed by atoms with E-state index in [-0.39, 0.29) is 23.6 Å². The summed E-state index contributed by atoms with van der Waals surface area (Å²) in [6, 6.07) is 7.02. The van der Waals surface area contributed by atoms with Crippen LogP contribution in [-0.2, 0) is 15.4 Å². The van der Waals surface area contributed by atoms with Gasteiger partial charge in [-0.25, -0.2) is 9.59 Å². The first-order chi connectivity index (χ1) is 12.5. The van der Waals surface area contributed by atoms with Crippen LogP contribution < -0.4 is 4.74 Å². The molecule has 0 aliphatic rings. The molecule has 0 spiro atoms. The van der Waals surface area contributed by atoms with Crippen LogP contribution in [0, 0.1) is 6.92 Å². The second kappa shape index (κ2) is 8.67. The van der Waals surface area contributed by atoms with Crippen molar-refractivity contribution in [1.82, 2.24) is 4.98 Å². The molecule has 0 fully saturated rings. The second-order valence-corrected chi connectivity index (χ2v) is 5.61. The van der Waals surface area contributed by atoms with E-state index in [0.29, 0.717) is 28.3 Å². The van der Waals surface area contributed by atoms with Crippen molar-refractivity contribution >= 4 is 23.5 Å². The molecule has 0 aliphatic carbocycles. The number of carbonyl (C=O) groups is 2. The molecule has 1 aromatic heterocycles. The van der Waals surface area contributed by atoms with Gasteiger partial charge in [-0.3, -0.25) is 4.98 Å². The van der Waals surface area contributed by atoms with Crippen molar-refractivity contribution in [3.8, 4) is 16.9 Å². The summed E-state index contributed by atoms with van der Waals surface area (Å²) in [5.74, 6) is -0.624. The van der Waals surface area contributed by atoms with Crippen molar-refractivity contribution in [1.29, 1.82) is 0 Å². The second-order valence-electron chi connectivity index (χ2n) is 5.35. The minimum atomic E-state index is -0.598. The van der Waals surface area contributed by atoms with Crippen LogP contribution in [0.4, 0.5) is 0 Å². The number of pyridine rings is 1. The molecule has 0 saturated carbocycles. The molecule has 0 amide bonds. The fourth-order valence-corrected chi connectivity index (χ4v) is 2.90. The van der Waals surface area contributed by atoms with Gasteiger partial charge in [-0.2, -0.15) is 0 Å². The van der Waals surface area contributed by atoms with Crippen LogP contribution in [0.5, 0.6) is 5.75 Å². The van der Waals surface area contributed by atoms with E-state index < -0.39 is 11.9 Å². The lowest BCUT2D eigenvalue weighted by Crippen LogP contribution is -2.17. The molecule has 0 saturated heterocycles. The van der Waals surface area contributed by atoms with Crippen molar-refractivity contribution in [3.05, 3.63) is 46.8 Å². The maximum absolute atomic E-state index is 12.6. The van der Waals surface area contributed by atoms with E-state index in [1.165, 1.54) is 14.2 Å². The fraction of sp³-hybridized carbons (Fsp3) is 0.316. The molecule has 1 heterocycles. The molecule has 26 heavy (non-hydrogen) atoms. The number of methoxy groups -OCH3 is 2. The lowest BCUT2D eigenvalue weighted by molar-refractivity contribution is 0.0525. The normalized spacial score (nSPS) is 10.3. The maximum atomic E-state index is 12.6. The number of rotatable bonds is 6. The average molecular weight is 378 g/mol. The summed E-state index contributed by atoms with van der Waals surface area (Å²) in [4.78, 5) is 29.4. The van der Waals surface area contributed by atoms with Crippen LogP contribution >= 0.6 is 11.6 Å². The Morgan fingerprint density at radius 1 is 1.15 bits per heavy atom. The number of hydrogen-bond acceptors (Lipinski definition) is 6. The number of alkyl halides is 1. The number of aromatic nitrogens is 1. The summed E-state index contributed by atoms with van der Waals surface area (Å²) < 4.78 is 15.3. The van der Waals surface area contributed by atoms with Gasteiger partial charge in [0.15, 0.2) is 0 Å². The minimum absolute atomic E-state index is 0.00654. The molecular weight excluding hydrogens is 358 g/mol. The molecule has 6 nitrogen and oxygen atoms in total. The van der Waals surface area contributed by atoms with E-state index in [2.05, 4.69) is 4.98 Å². The molecule has 7 heteroatoms. The Morgan fingerprint density at radius 2 is 1.88 bits per heavy atom. The van der Waals surface area contributed by atoms with Gasteiger partial charge in [0.1, 0.15) is 5.75 Å². The third kappa shape index (κ3) is 3.80. The maximum Gasteiger partial charge on any atom is 0.340 e. The minimum Gasteiger partial charge on any atom is -0.497 e. The Kier molecular flexibility index (Phi) is 6.58. The standard InChI is InChI=1S/C19H20ClNO5/c1-5-26-19(23)17-14(10-20)21-11(2)15(18(22)25-4)16(17)12-7-6-8-13(9-12)24-3/h6-9H,5,10H2,1-4H3. The van der Waals surface area contributed by atoms with Gasteiger partial charge >= 0.3 is 11.9 Å². The van der Waals surface area contributed by atoms with Crippen LogP contribution in [0.25, 0.3) is 11.1 Å². The number of esters is 2. The zero-order valence-corrected chi connectivity index (χ0v) is 15.8. The molecule has 0 bridgehead atoms. The molecule has 138 valence electrons. The van der Waals surface area contributed by atoms with E-state index in [4.69, 9.17) is 25.8 Å². The Morgan fingerprint density at radius 3 is 2.46 bits per heavy atom. The van der Waals surface area contributed by atoms with Gasteiger partial charge in [0.2, 0.25) is 0 Å². The third-order valence-corrected chi connectivity index (χ3v) is 4.06. The van der Waals surface area contributed by atoms with E-state index >= 15 is 0 Å². The van der Waals surface area contributed by atoms with Crippen molar-refractivity contribution in [3.63, 3.8) is 0 Å². The Bertz CT molecular complexity index is 835. The first-order valence-electron chi connectivity index (χ1n) is 7.97. The third-order valence-electron chi connectivity index (χ3n) is 3.81. The fourth-order valence-electron chi connectivity index (χ4n) is 2.70. The van der Waals surface area contributed by atoms with E-state index in [0.717, 1.165) is 0 Å². The quantitative estimate of drug-likeness (QED) is 0.563. The first-order valence-corrected chi connectivity index (χ1v) is 8.51. The number of benzene rings is 1. The predicted octanol–water partition coefficient (Wildman–Crippen LogP) is 3.77. The Labute approximate surface area is 157 Å². The summed E-state index contributed by atoms with van der Waals surface area (Å²) in [5, 5.41) is 0.